The van der Waals surface area contributed by atoms with Crippen LogP contribution >= 0.6 is 15.9 Å². The van der Waals surface area contributed by atoms with E-state index >= 15 is 0 Å². The van der Waals surface area contributed by atoms with Crippen molar-refractivity contribution in [3.63, 3.8) is 0 Å². The lowest BCUT2D eigenvalue weighted by atomic mass is 10.2. The van der Waals surface area contributed by atoms with Crippen LogP contribution in [0.15, 0.2) is 33.6 Å². The maximum atomic E-state index is 5.56. The monoisotopic (exact) mass is 255 g/mol. The lowest BCUT2D eigenvalue weighted by Crippen LogP contribution is -2.04. The Hall–Kier alpha value is -1.07. The first-order chi connectivity index (χ1) is 6.79. The van der Waals surface area contributed by atoms with E-state index in [1.165, 1.54) is 0 Å². The Morgan fingerprint density at radius 2 is 2.43 bits per heavy atom. The number of rotatable bonds is 3. The van der Waals surface area contributed by atoms with Gasteiger partial charge >= 0.3 is 0 Å². The van der Waals surface area contributed by atoms with Crippen LogP contribution in [-0.4, -0.2) is 9.78 Å². The highest BCUT2D eigenvalue weighted by Gasteiger charge is 2.05. The quantitative estimate of drug-likeness (QED) is 0.910. The minimum atomic E-state index is 0.494. The molecule has 0 saturated heterocycles. The van der Waals surface area contributed by atoms with Crippen LogP contribution in [0, 0.1) is 0 Å². The van der Waals surface area contributed by atoms with Gasteiger partial charge in [-0.2, -0.15) is 5.10 Å². The molecule has 5 heteroatoms. The zero-order valence-electron chi connectivity index (χ0n) is 7.48. The first-order valence-electron chi connectivity index (χ1n) is 4.23. The van der Waals surface area contributed by atoms with Gasteiger partial charge in [-0.3, -0.25) is 4.68 Å². The molecule has 2 N–H and O–H groups in total. The summed E-state index contributed by atoms with van der Waals surface area (Å²) in [5, 5.41) is 4.14. The molecule has 0 radical (unpaired) electrons. The number of furan rings is 1. The molecule has 2 rings (SSSR count). The van der Waals surface area contributed by atoms with Crippen molar-refractivity contribution in [3.8, 4) is 0 Å². The molecular weight excluding hydrogens is 246 g/mol. The summed E-state index contributed by atoms with van der Waals surface area (Å²) in [4.78, 5) is 0. The second-order valence-corrected chi connectivity index (χ2v) is 3.84. The number of hydrogen-bond donors (Lipinski definition) is 1. The number of hydrogen-bond acceptors (Lipinski definition) is 3. The Kier molecular flexibility index (Phi) is 2.69. The van der Waals surface area contributed by atoms with Crippen LogP contribution in [0.1, 0.15) is 11.3 Å². The van der Waals surface area contributed by atoms with Crippen LogP contribution in [0.25, 0.3) is 0 Å². The molecule has 2 aromatic heterocycles. The Labute approximate surface area is 89.8 Å². The van der Waals surface area contributed by atoms with Gasteiger partial charge in [0, 0.05) is 18.3 Å². The molecule has 0 unspecified atom stereocenters. The minimum absolute atomic E-state index is 0.494. The van der Waals surface area contributed by atoms with E-state index < -0.39 is 0 Å². The van der Waals surface area contributed by atoms with E-state index in [1.807, 2.05) is 12.3 Å². The molecule has 0 aliphatic rings. The van der Waals surface area contributed by atoms with Gasteiger partial charge in [-0.05, 0) is 22.0 Å². The van der Waals surface area contributed by atoms with Crippen molar-refractivity contribution < 1.29 is 4.42 Å². The molecule has 0 aromatic carbocycles. The Morgan fingerprint density at radius 1 is 1.57 bits per heavy atom. The summed E-state index contributed by atoms with van der Waals surface area (Å²) in [6, 6.07) is 1.88. The third kappa shape index (κ3) is 1.88. The fourth-order valence-electron chi connectivity index (χ4n) is 1.26. The van der Waals surface area contributed by atoms with E-state index in [4.69, 9.17) is 10.2 Å². The average Bonchev–Trinajstić information content (AvgIpc) is 2.76. The second kappa shape index (κ2) is 3.98. The summed E-state index contributed by atoms with van der Waals surface area (Å²) >= 11 is 3.33. The highest BCUT2D eigenvalue weighted by molar-refractivity contribution is 9.10. The number of halogens is 1. The van der Waals surface area contributed by atoms with Crippen molar-refractivity contribution >= 4 is 15.9 Å². The van der Waals surface area contributed by atoms with Gasteiger partial charge in [-0.25, -0.2) is 0 Å². The van der Waals surface area contributed by atoms with Gasteiger partial charge in [0.2, 0.25) is 0 Å². The van der Waals surface area contributed by atoms with E-state index in [0.717, 1.165) is 15.8 Å². The summed E-state index contributed by atoms with van der Waals surface area (Å²) in [5.74, 6) is 0.864. The molecule has 4 nitrogen and oxygen atoms in total. The number of aromatic nitrogens is 2. The van der Waals surface area contributed by atoms with E-state index in [1.54, 1.807) is 17.1 Å². The van der Waals surface area contributed by atoms with Gasteiger partial charge in [0.15, 0.2) is 0 Å². The van der Waals surface area contributed by atoms with Crippen LogP contribution in [0.3, 0.4) is 0 Å². The summed E-state index contributed by atoms with van der Waals surface area (Å²) in [5.41, 5.74) is 6.58. The van der Waals surface area contributed by atoms with Gasteiger partial charge in [0.05, 0.1) is 23.5 Å². The van der Waals surface area contributed by atoms with Crippen LogP contribution in [-0.2, 0) is 13.1 Å². The number of nitrogens with two attached hydrogens (primary N) is 1. The van der Waals surface area contributed by atoms with Crippen molar-refractivity contribution in [3.05, 3.63) is 40.5 Å². The van der Waals surface area contributed by atoms with Crippen LogP contribution in [0.5, 0.6) is 0 Å². The van der Waals surface area contributed by atoms with Crippen molar-refractivity contribution in [2.75, 3.05) is 0 Å². The van der Waals surface area contributed by atoms with Gasteiger partial charge in [0.25, 0.3) is 0 Å². The smallest absolute Gasteiger partial charge is 0.129 e. The van der Waals surface area contributed by atoms with Crippen molar-refractivity contribution in [1.29, 1.82) is 0 Å². The number of nitrogens with zero attached hydrogens (tertiary/aromatic N) is 2. The first kappa shape index (κ1) is 9.48. The minimum Gasteiger partial charge on any atom is -0.467 e. The SMILES string of the molecule is NCc1ccoc1Cn1cc(Br)cn1. The molecular formula is C9H10BrN3O. The Morgan fingerprint density at radius 3 is 3.07 bits per heavy atom. The molecule has 74 valence electrons. The molecule has 0 spiro atoms. The standard InChI is InChI=1S/C9H10BrN3O/c10-8-4-12-13(5-8)6-9-7(3-11)1-2-14-9/h1-2,4-5H,3,6,11H2. The maximum Gasteiger partial charge on any atom is 0.129 e. The molecule has 0 aliphatic carbocycles. The zero-order chi connectivity index (χ0) is 9.97. The molecule has 0 aliphatic heterocycles. The first-order valence-corrected chi connectivity index (χ1v) is 5.02. The molecule has 0 amide bonds. The largest absolute Gasteiger partial charge is 0.467 e. The molecule has 0 fully saturated rings. The lowest BCUT2D eigenvalue weighted by Gasteiger charge is -2.00. The second-order valence-electron chi connectivity index (χ2n) is 2.93. The van der Waals surface area contributed by atoms with Crippen LogP contribution in [0.2, 0.25) is 0 Å². The molecule has 2 aromatic rings. The predicted octanol–water partition coefficient (Wildman–Crippen LogP) is 1.75. The molecule has 2 heterocycles. The molecule has 0 saturated carbocycles. The van der Waals surface area contributed by atoms with Crippen LogP contribution in [0.4, 0.5) is 0 Å². The van der Waals surface area contributed by atoms with Gasteiger partial charge in [-0.1, -0.05) is 0 Å². The zero-order valence-corrected chi connectivity index (χ0v) is 9.07. The van der Waals surface area contributed by atoms with Crippen molar-refractivity contribution in [1.82, 2.24) is 9.78 Å². The van der Waals surface area contributed by atoms with E-state index in [0.29, 0.717) is 13.1 Å². The fourth-order valence-corrected chi connectivity index (χ4v) is 1.59. The summed E-state index contributed by atoms with van der Waals surface area (Å²) in [7, 11) is 0. The summed E-state index contributed by atoms with van der Waals surface area (Å²) < 4.78 is 8.06. The molecule has 14 heavy (non-hydrogen) atoms. The van der Waals surface area contributed by atoms with E-state index in [9.17, 15) is 0 Å². The maximum absolute atomic E-state index is 5.56. The van der Waals surface area contributed by atoms with E-state index in [2.05, 4.69) is 21.0 Å². The predicted molar refractivity (Wildman–Crippen MR) is 55.6 cm³/mol. The van der Waals surface area contributed by atoms with Crippen LogP contribution < -0.4 is 5.73 Å². The third-order valence-electron chi connectivity index (χ3n) is 1.96. The lowest BCUT2D eigenvalue weighted by molar-refractivity contribution is 0.475. The van der Waals surface area contributed by atoms with Crippen molar-refractivity contribution in [2.45, 2.75) is 13.1 Å². The van der Waals surface area contributed by atoms with Gasteiger partial charge in [0.1, 0.15) is 5.76 Å². The Balaban J connectivity index is 2.18. The van der Waals surface area contributed by atoms with Gasteiger partial charge in [-0.15, -0.1) is 0 Å². The third-order valence-corrected chi connectivity index (χ3v) is 2.37. The average molecular weight is 256 g/mol. The fraction of sp³-hybridized carbons (Fsp3) is 0.222. The molecule has 0 atom stereocenters. The normalized spacial score (nSPS) is 10.7. The topological polar surface area (TPSA) is 57.0 Å². The Bertz CT molecular complexity index is 421. The van der Waals surface area contributed by atoms with E-state index in [-0.39, 0.29) is 0 Å². The van der Waals surface area contributed by atoms with Gasteiger partial charge < -0.3 is 10.2 Å². The highest BCUT2D eigenvalue weighted by atomic mass is 79.9. The highest BCUT2D eigenvalue weighted by Crippen LogP contribution is 2.13. The molecule has 0 bridgehead atoms. The summed E-state index contributed by atoms with van der Waals surface area (Å²) in [6.45, 7) is 1.11. The summed E-state index contributed by atoms with van der Waals surface area (Å²) in [6.07, 6.45) is 5.28. The van der Waals surface area contributed by atoms with Crippen molar-refractivity contribution in [2.24, 2.45) is 5.73 Å².